The molecule has 1 saturated heterocycles. The molecule has 0 N–H and O–H groups in total. The Hall–Kier alpha value is 0.290. The van der Waals surface area contributed by atoms with Crippen LogP contribution in [0.1, 0.15) is 13.8 Å². The molecule has 3 heteroatoms. The third kappa shape index (κ3) is 0.567. The van der Waals surface area contributed by atoms with Gasteiger partial charge in [-0.2, -0.15) is 0 Å². The molecule has 0 radical (unpaired) electrons. The summed E-state index contributed by atoms with van der Waals surface area (Å²) in [6.07, 6.45) is 0. The van der Waals surface area contributed by atoms with Gasteiger partial charge in [0.15, 0.2) is 0 Å². The number of hydrogen-bond donors (Lipinski definition) is 0. The first-order valence-electron chi connectivity index (χ1n) is 2.44. The van der Waals surface area contributed by atoms with Gasteiger partial charge in [-0.3, -0.25) is 0 Å². The molecular weight excluding hydrogens is 117 g/mol. The second-order valence-corrected chi connectivity index (χ2v) is 5.42. The third-order valence-corrected chi connectivity index (χ3v) is 4.90. The number of hydrogen-bond acceptors (Lipinski definition) is 0. The van der Waals surface area contributed by atoms with Gasteiger partial charge in [-0.15, -0.1) is 0 Å². The summed E-state index contributed by atoms with van der Waals surface area (Å²) in [6, 6.07) is 0. The topological polar surface area (TPSA) is 0 Å². The Balaban J connectivity index is 2.52. The van der Waals surface area contributed by atoms with E-state index in [0.29, 0.717) is 0 Å². The molecule has 7 heavy (non-hydrogen) atoms. The standard InChI is InChI=1S/C4H9F2P/c1-3-4(2)7(3,5)6/h3-4,7H,1-2H3. The minimum absolute atomic E-state index is 0.229. The molecule has 44 valence electrons. The molecule has 0 nitrogen and oxygen atoms in total. The Morgan fingerprint density at radius 3 is 1.29 bits per heavy atom. The Morgan fingerprint density at radius 1 is 1.14 bits per heavy atom. The van der Waals surface area contributed by atoms with Crippen LogP contribution in [-0.4, -0.2) is 11.3 Å². The van der Waals surface area contributed by atoms with E-state index >= 15 is 0 Å². The molecule has 0 aromatic carbocycles. The summed E-state index contributed by atoms with van der Waals surface area (Å²) < 4.78 is 24.1. The van der Waals surface area contributed by atoms with Crippen molar-refractivity contribution in [3.63, 3.8) is 0 Å². The molecule has 0 spiro atoms. The Kier molecular flexibility index (Phi) is 0.904. The summed E-state index contributed by atoms with van der Waals surface area (Å²) in [5, 5.41) is 0. The predicted octanol–water partition coefficient (Wildman–Crippen LogP) is 2.30. The fourth-order valence-electron chi connectivity index (χ4n) is 0.674. The van der Waals surface area contributed by atoms with E-state index in [1.807, 2.05) is 0 Å². The van der Waals surface area contributed by atoms with Crippen LogP contribution in [0.2, 0.25) is 0 Å². The van der Waals surface area contributed by atoms with Crippen LogP contribution in [0.4, 0.5) is 8.39 Å². The van der Waals surface area contributed by atoms with Crippen LogP contribution in [0.3, 0.4) is 0 Å². The van der Waals surface area contributed by atoms with Crippen molar-refractivity contribution in [3.05, 3.63) is 0 Å². The SMILES string of the molecule is CC1C(C)[PH]1(F)F. The summed E-state index contributed by atoms with van der Waals surface area (Å²) >= 11 is 0. The van der Waals surface area contributed by atoms with Crippen molar-refractivity contribution in [1.82, 2.24) is 0 Å². The Bertz CT molecular complexity index is 81.7. The van der Waals surface area contributed by atoms with Crippen molar-refractivity contribution in [2.75, 3.05) is 0 Å². The van der Waals surface area contributed by atoms with Gasteiger partial charge in [-0.1, -0.05) is 0 Å². The predicted molar refractivity (Wildman–Crippen MR) is 29.5 cm³/mol. The van der Waals surface area contributed by atoms with Gasteiger partial charge in [0.2, 0.25) is 0 Å². The first-order chi connectivity index (χ1) is 3.07. The van der Waals surface area contributed by atoms with Crippen molar-refractivity contribution in [3.8, 4) is 0 Å². The number of halogens is 2. The van der Waals surface area contributed by atoms with Crippen molar-refractivity contribution < 1.29 is 8.39 Å². The van der Waals surface area contributed by atoms with Crippen molar-refractivity contribution in [2.24, 2.45) is 0 Å². The van der Waals surface area contributed by atoms with E-state index in [-0.39, 0.29) is 11.3 Å². The van der Waals surface area contributed by atoms with Gasteiger partial charge in [-0.05, 0) is 0 Å². The van der Waals surface area contributed by atoms with Crippen LogP contribution in [0.25, 0.3) is 0 Å². The average molecular weight is 126 g/mol. The van der Waals surface area contributed by atoms with E-state index in [1.165, 1.54) is 0 Å². The first kappa shape index (κ1) is 5.43. The van der Waals surface area contributed by atoms with E-state index in [1.54, 1.807) is 13.8 Å². The van der Waals surface area contributed by atoms with Crippen molar-refractivity contribution in [1.29, 1.82) is 0 Å². The molecule has 0 aliphatic carbocycles. The molecule has 1 fully saturated rings. The van der Waals surface area contributed by atoms with E-state index in [4.69, 9.17) is 0 Å². The zero-order valence-corrected chi connectivity index (χ0v) is 5.41. The average Bonchev–Trinajstić information content (AvgIpc) is 1.91. The van der Waals surface area contributed by atoms with Crippen LogP contribution in [0.15, 0.2) is 0 Å². The third-order valence-electron chi connectivity index (χ3n) is 1.86. The quantitative estimate of drug-likeness (QED) is 0.437. The second-order valence-electron chi connectivity index (χ2n) is 2.25. The summed E-state index contributed by atoms with van der Waals surface area (Å²) in [5.74, 6) is 0. The van der Waals surface area contributed by atoms with Crippen LogP contribution in [0, 0.1) is 0 Å². The van der Waals surface area contributed by atoms with Gasteiger partial charge in [0, 0.05) is 0 Å². The van der Waals surface area contributed by atoms with Crippen molar-refractivity contribution in [2.45, 2.75) is 25.2 Å². The first-order valence-corrected chi connectivity index (χ1v) is 4.35. The molecule has 1 aliphatic rings. The molecule has 2 unspecified atom stereocenters. The van der Waals surface area contributed by atoms with Crippen molar-refractivity contribution >= 4 is 7.88 Å². The summed E-state index contributed by atoms with van der Waals surface area (Å²) in [7, 11) is -3.57. The normalized spacial score (nSPS) is 50.9. The molecule has 0 amide bonds. The zero-order chi connectivity index (χ0) is 5.65. The van der Waals surface area contributed by atoms with Crippen LogP contribution in [0.5, 0.6) is 0 Å². The van der Waals surface area contributed by atoms with E-state index in [2.05, 4.69) is 0 Å². The number of rotatable bonds is 0. The molecule has 0 bridgehead atoms. The van der Waals surface area contributed by atoms with Crippen LogP contribution >= 0.6 is 7.88 Å². The van der Waals surface area contributed by atoms with E-state index in [0.717, 1.165) is 0 Å². The minimum atomic E-state index is -3.57. The molecule has 1 heterocycles. The fraction of sp³-hybridized carbons (Fsp3) is 1.00. The summed E-state index contributed by atoms with van der Waals surface area (Å²) in [4.78, 5) is 0. The molecule has 0 aromatic rings. The molecule has 0 aromatic heterocycles. The van der Waals surface area contributed by atoms with E-state index in [9.17, 15) is 8.39 Å². The Morgan fingerprint density at radius 2 is 1.29 bits per heavy atom. The molecule has 2 atom stereocenters. The van der Waals surface area contributed by atoms with Gasteiger partial charge in [0.1, 0.15) is 0 Å². The van der Waals surface area contributed by atoms with Gasteiger partial charge in [0.25, 0.3) is 0 Å². The summed E-state index contributed by atoms with van der Waals surface area (Å²) in [5.41, 5.74) is -0.458. The van der Waals surface area contributed by atoms with Crippen LogP contribution < -0.4 is 0 Å². The molecule has 1 aliphatic heterocycles. The molecular formula is C4H9F2P. The second kappa shape index (κ2) is 1.17. The van der Waals surface area contributed by atoms with Gasteiger partial charge in [-0.25, -0.2) is 0 Å². The molecule has 1 rings (SSSR count). The van der Waals surface area contributed by atoms with Crippen LogP contribution in [-0.2, 0) is 0 Å². The van der Waals surface area contributed by atoms with Gasteiger partial charge >= 0.3 is 41.4 Å². The maximum absolute atomic E-state index is 12.1. The summed E-state index contributed by atoms with van der Waals surface area (Å²) in [6.45, 7) is 3.27. The van der Waals surface area contributed by atoms with Gasteiger partial charge in [0.05, 0.1) is 0 Å². The van der Waals surface area contributed by atoms with E-state index < -0.39 is 7.88 Å². The zero-order valence-electron chi connectivity index (χ0n) is 4.41. The van der Waals surface area contributed by atoms with Gasteiger partial charge < -0.3 is 0 Å². The molecule has 0 saturated carbocycles. The maximum atomic E-state index is 12.1. The fourth-order valence-corrected chi connectivity index (χ4v) is 2.40. The Labute approximate surface area is 42.5 Å². The monoisotopic (exact) mass is 126 g/mol.